The van der Waals surface area contributed by atoms with Crippen LogP contribution in [0.25, 0.3) is 0 Å². The first kappa shape index (κ1) is 12.5. The molecular weight excluding hydrogens is 192 g/mol. The van der Waals surface area contributed by atoms with Crippen molar-refractivity contribution >= 4 is 5.91 Å². The minimum atomic E-state index is -0.224. The molecule has 1 rings (SSSR count). The molecule has 3 N–H and O–H groups in total. The summed E-state index contributed by atoms with van der Waals surface area (Å²) in [5.74, 6) is 0.0741. The second-order valence-corrected chi connectivity index (χ2v) is 4.53. The Hall–Kier alpha value is -0.610. The molecule has 1 aliphatic rings. The molecule has 0 aromatic carbocycles. The molecule has 88 valence electrons. The second kappa shape index (κ2) is 6.08. The number of rotatable bonds is 5. The van der Waals surface area contributed by atoms with Gasteiger partial charge in [0.05, 0.1) is 6.10 Å². The molecule has 15 heavy (non-hydrogen) atoms. The van der Waals surface area contributed by atoms with Crippen molar-refractivity contribution < 1.29 is 9.90 Å². The molecule has 0 aromatic rings. The number of aliphatic hydroxyl groups is 1. The van der Waals surface area contributed by atoms with Crippen LogP contribution >= 0.6 is 0 Å². The van der Waals surface area contributed by atoms with Crippen LogP contribution in [0.3, 0.4) is 0 Å². The fourth-order valence-electron chi connectivity index (χ4n) is 1.94. The number of nitrogens with one attached hydrogen (secondary N) is 2. The molecule has 4 nitrogen and oxygen atoms in total. The van der Waals surface area contributed by atoms with Gasteiger partial charge in [-0.15, -0.1) is 0 Å². The molecule has 1 fully saturated rings. The van der Waals surface area contributed by atoms with E-state index in [9.17, 15) is 9.90 Å². The molecule has 2 atom stereocenters. The van der Waals surface area contributed by atoms with Crippen LogP contribution in [0.15, 0.2) is 0 Å². The Morgan fingerprint density at radius 3 is 2.73 bits per heavy atom. The highest BCUT2D eigenvalue weighted by Gasteiger charge is 2.24. The van der Waals surface area contributed by atoms with Gasteiger partial charge in [-0.2, -0.15) is 0 Å². The molecule has 0 saturated heterocycles. The van der Waals surface area contributed by atoms with Crippen molar-refractivity contribution in [3.8, 4) is 0 Å². The Morgan fingerprint density at radius 2 is 2.20 bits per heavy atom. The molecule has 0 radical (unpaired) electrons. The van der Waals surface area contributed by atoms with E-state index in [1.165, 1.54) is 0 Å². The minimum Gasteiger partial charge on any atom is -0.392 e. The van der Waals surface area contributed by atoms with E-state index in [0.717, 1.165) is 19.3 Å². The lowest BCUT2D eigenvalue weighted by Gasteiger charge is -2.16. The first-order valence-corrected chi connectivity index (χ1v) is 5.80. The second-order valence-electron chi connectivity index (χ2n) is 4.53. The van der Waals surface area contributed by atoms with Crippen LogP contribution < -0.4 is 10.6 Å². The van der Waals surface area contributed by atoms with E-state index in [4.69, 9.17) is 0 Å². The van der Waals surface area contributed by atoms with Gasteiger partial charge < -0.3 is 15.7 Å². The van der Waals surface area contributed by atoms with Gasteiger partial charge in [0.2, 0.25) is 5.91 Å². The third-order valence-electron chi connectivity index (χ3n) is 2.69. The Kier molecular flexibility index (Phi) is 5.05. The van der Waals surface area contributed by atoms with E-state index in [1.807, 2.05) is 13.8 Å². The zero-order valence-electron chi connectivity index (χ0n) is 9.62. The summed E-state index contributed by atoms with van der Waals surface area (Å²) in [6, 6.07) is 0.395. The fraction of sp³-hybridized carbons (Fsp3) is 0.909. The molecule has 1 saturated carbocycles. The zero-order valence-corrected chi connectivity index (χ0v) is 9.62. The quantitative estimate of drug-likeness (QED) is 0.621. The number of carbonyl (C=O) groups is 1. The summed E-state index contributed by atoms with van der Waals surface area (Å²) in [4.78, 5) is 11.3. The Morgan fingerprint density at radius 1 is 1.47 bits per heavy atom. The highest BCUT2D eigenvalue weighted by atomic mass is 16.3. The van der Waals surface area contributed by atoms with Gasteiger partial charge in [0.15, 0.2) is 0 Å². The van der Waals surface area contributed by atoms with E-state index in [1.54, 1.807) is 0 Å². The van der Waals surface area contributed by atoms with E-state index < -0.39 is 0 Å². The van der Waals surface area contributed by atoms with Crippen molar-refractivity contribution in [1.82, 2.24) is 10.6 Å². The maximum absolute atomic E-state index is 11.3. The summed E-state index contributed by atoms with van der Waals surface area (Å²) in [7, 11) is 0. The summed E-state index contributed by atoms with van der Waals surface area (Å²) in [5.41, 5.74) is 0. The van der Waals surface area contributed by atoms with Crippen molar-refractivity contribution in [2.75, 3.05) is 6.54 Å². The number of amides is 1. The normalized spacial score (nSPS) is 25.9. The molecule has 0 aliphatic heterocycles. The summed E-state index contributed by atoms with van der Waals surface area (Å²) >= 11 is 0. The monoisotopic (exact) mass is 214 g/mol. The number of aliphatic hydroxyl groups excluding tert-OH is 1. The van der Waals surface area contributed by atoms with Gasteiger partial charge in [0.1, 0.15) is 0 Å². The maximum Gasteiger partial charge on any atom is 0.221 e. The van der Waals surface area contributed by atoms with Crippen molar-refractivity contribution in [2.24, 2.45) is 0 Å². The lowest BCUT2D eigenvalue weighted by Crippen LogP contribution is -2.39. The van der Waals surface area contributed by atoms with Gasteiger partial charge in [-0.3, -0.25) is 4.79 Å². The van der Waals surface area contributed by atoms with Gasteiger partial charge >= 0.3 is 0 Å². The van der Waals surface area contributed by atoms with Crippen LogP contribution in [0, 0.1) is 0 Å². The Bertz CT molecular complexity index is 207. The summed E-state index contributed by atoms with van der Waals surface area (Å²) < 4.78 is 0. The van der Waals surface area contributed by atoms with Crippen LogP contribution in [0.1, 0.15) is 39.5 Å². The van der Waals surface area contributed by atoms with Gasteiger partial charge in [0, 0.05) is 25.0 Å². The Labute approximate surface area is 91.4 Å². The average molecular weight is 214 g/mol. The predicted molar refractivity (Wildman–Crippen MR) is 59.5 cm³/mol. The molecule has 0 bridgehead atoms. The fourth-order valence-corrected chi connectivity index (χ4v) is 1.94. The third-order valence-corrected chi connectivity index (χ3v) is 2.69. The largest absolute Gasteiger partial charge is 0.392 e. The first-order valence-electron chi connectivity index (χ1n) is 5.80. The maximum atomic E-state index is 11.3. The highest BCUT2D eigenvalue weighted by molar-refractivity contribution is 5.76. The van der Waals surface area contributed by atoms with Crippen molar-refractivity contribution in [2.45, 2.75) is 57.7 Å². The highest BCUT2D eigenvalue weighted by Crippen LogP contribution is 2.18. The lowest BCUT2D eigenvalue weighted by molar-refractivity contribution is -0.121. The van der Waals surface area contributed by atoms with Crippen LogP contribution in [0.2, 0.25) is 0 Å². The summed E-state index contributed by atoms with van der Waals surface area (Å²) in [6.07, 6.45) is 3.25. The van der Waals surface area contributed by atoms with E-state index in [0.29, 0.717) is 13.0 Å². The number of carbonyl (C=O) groups excluding carboxylic acids is 1. The molecule has 0 aromatic heterocycles. The smallest absolute Gasteiger partial charge is 0.221 e. The minimum absolute atomic E-state index is 0.0741. The number of hydrogen-bond acceptors (Lipinski definition) is 3. The molecule has 0 spiro atoms. The van der Waals surface area contributed by atoms with Gasteiger partial charge in [-0.05, 0) is 33.1 Å². The van der Waals surface area contributed by atoms with E-state index in [-0.39, 0.29) is 24.1 Å². The zero-order chi connectivity index (χ0) is 11.3. The van der Waals surface area contributed by atoms with Crippen molar-refractivity contribution in [3.05, 3.63) is 0 Å². The van der Waals surface area contributed by atoms with Gasteiger partial charge in [-0.25, -0.2) is 0 Å². The Balaban J connectivity index is 2.08. The van der Waals surface area contributed by atoms with Crippen molar-refractivity contribution in [3.63, 3.8) is 0 Å². The summed E-state index contributed by atoms with van der Waals surface area (Å²) in [5, 5.41) is 15.6. The van der Waals surface area contributed by atoms with Crippen LogP contribution in [-0.4, -0.2) is 35.7 Å². The topological polar surface area (TPSA) is 61.4 Å². The molecule has 1 aliphatic carbocycles. The standard InChI is InChI=1S/C11H22N2O2/c1-8(2)13-11(15)6-7-12-9-4-3-5-10(9)14/h8-10,12,14H,3-7H2,1-2H3,(H,13,15). The van der Waals surface area contributed by atoms with Crippen LogP contribution in [0.5, 0.6) is 0 Å². The lowest BCUT2D eigenvalue weighted by atomic mass is 10.2. The average Bonchev–Trinajstić information content (AvgIpc) is 2.50. The SMILES string of the molecule is CC(C)NC(=O)CCNC1CCCC1O. The molecule has 1 amide bonds. The van der Waals surface area contributed by atoms with E-state index in [2.05, 4.69) is 10.6 Å². The molecule has 4 heteroatoms. The van der Waals surface area contributed by atoms with Crippen LogP contribution in [0.4, 0.5) is 0 Å². The predicted octanol–water partition coefficient (Wildman–Crippen LogP) is 0.404. The summed E-state index contributed by atoms with van der Waals surface area (Å²) in [6.45, 7) is 4.55. The van der Waals surface area contributed by atoms with Gasteiger partial charge in [0.25, 0.3) is 0 Å². The molecular formula is C11H22N2O2. The molecule has 2 unspecified atom stereocenters. The van der Waals surface area contributed by atoms with Gasteiger partial charge in [-0.1, -0.05) is 0 Å². The van der Waals surface area contributed by atoms with Crippen LogP contribution in [-0.2, 0) is 4.79 Å². The number of hydrogen-bond donors (Lipinski definition) is 3. The molecule has 0 heterocycles. The van der Waals surface area contributed by atoms with Crippen molar-refractivity contribution in [1.29, 1.82) is 0 Å². The first-order chi connectivity index (χ1) is 7.09. The third kappa shape index (κ3) is 4.62. The van der Waals surface area contributed by atoms with E-state index >= 15 is 0 Å².